The average molecular weight is 352 g/mol. The lowest BCUT2D eigenvalue weighted by Gasteiger charge is -2.28. The van der Waals surface area contributed by atoms with Crippen molar-refractivity contribution in [2.24, 2.45) is 0 Å². The van der Waals surface area contributed by atoms with Gasteiger partial charge in [-0.2, -0.15) is 0 Å². The molecule has 4 heteroatoms. The van der Waals surface area contributed by atoms with Crippen molar-refractivity contribution < 1.29 is 9.53 Å². The Balaban J connectivity index is 1.45. The maximum Gasteiger partial charge on any atom is 0.258 e. The average Bonchev–Trinajstić information content (AvgIpc) is 2.67. The molecule has 2 aromatic rings. The van der Waals surface area contributed by atoms with Gasteiger partial charge in [-0.1, -0.05) is 29.8 Å². The molecular weight excluding hydrogens is 324 g/mol. The number of amides is 1. The van der Waals surface area contributed by atoms with Crippen molar-refractivity contribution in [2.75, 3.05) is 24.6 Å². The lowest BCUT2D eigenvalue weighted by molar-refractivity contribution is -0.123. The minimum Gasteiger partial charge on any atom is -0.484 e. The molecule has 1 aliphatic heterocycles. The van der Waals surface area contributed by atoms with Crippen LogP contribution in [-0.4, -0.2) is 25.6 Å². The van der Waals surface area contributed by atoms with Gasteiger partial charge in [0.15, 0.2) is 6.61 Å². The summed E-state index contributed by atoms with van der Waals surface area (Å²) in [7, 11) is 0. The number of benzene rings is 2. The Bertz CT molecular complexity index is 734. The zero-order chi connectivity index (χ0) is 18.4. The molecular formula is C22H28N2O2. The molecule has 0 radical (unpaired) electrons. The topological polar surface area (TPSA) is 41.6 Å². The second-order valence-electron chi connectivity index (χ2n) is 7.05. The molecule has 1 N–H and O–H groups in total. The van der Waals surface area contributed by atoms with Crippen molar-refractivity contribution in [2.45, 2.75) is 39.7 Å². The van der Waals surface area contributed by atoms with Crippen LogP contribution in [0.2, 0.25) is 0 Å². The molecule has 1 saturated heterocycles. The first-order valence-corrected chi connectivity index (χ1v) is 9.42. The fourth-order valence-electron chi connectivity index (χ4n) is 3.33. The molecule has 0 atom stereocenters. The van der Waals surface area contributed by atoms with Crippen LogP contribution in [0.3, 0.4) is 0 Å². The molecule has 0 unspecified atom stereocenters. The van der Waals surface area contributed by atoms with Crippen molar-refractivity contribution in [1.29, 1.82) is 0 Å². The van der Waals surface area contributed by atoms with Gasteiger partial charge in [0.25, 0.3) is 5.91 Å². The van der Waals surface area contributed by atoms with Crippen molar-refractivity contribution in [3.63, 3.8) is 0 Å². The molecule has 3 rings (SSSR count). The van der Waals surface area contributed by atoms with E-state index in [1.54, 1.807) is 0 Å². The van der Waals surface area contributed by atoms with Crippen LogP contribution in [0.15, 0.2) is 42.5 Å². The molecule has 0 aromatic heterocycles. The van der Waals surface area contributed by atoms with Crippen LogP contribution < -0.4 is 15.0 Å². The number of nitrogens with zero attached hydrogens (tertiary/aromatic N) is 1. The van der Waals surface area contributed by atoms with Gasteiger partial charge < -0.3 is 15.0 Å². The van der Waals surface area contributed by atoms with E-state index >= 15 is 0 Å². The number of aryl methyl sites for hydroxylation is 2. The molecule has 4 nitrogen and oxygen atoms in total. The Hall–Kier alpha value is -2.49. The number of nitrogens with one attached hydrogen (secondary N) is 1. The predicted octanol–water partition coefficient (Wildman–Crippen LogP) is 3.99. The number of piperidine rings is 1. The van der Waals surface area contributed by atoms with Gasteiger partial charge in [0.1, 0.15) is 5.75 Å². The first kappa shape index (κ1) is 18.3. The maximum atomic E-state index is 12.0. The van der Waals surface area contributed by atoms with Crippen LogP contribution in [0.5, 0.6) is 5.75 Å². The molecule has 2 aromatic carbocycles. The first-order chi connectivity index (χ1) is 12.6. The summed E-state index contributed by atoms with van der Waals surface area (Å²) in [5.74, 6) is 0.654. The Morgan fingerprint density at radius 2 is 1.77 bits per heavy atom. The normalized spacial score (nSPS) is 14.2. The second kappa shape index (κ2) is 8.75. The smallest absolute Gasteiger partial charge is 0.258 e. The van der Waals surface area contributed by atoms with Crippen LogP contribution in [0, 0.1) is 13.8 Å². The summed E-state index contributed by atoms with van der Waals surface area (Å²) in [6.45, 7) is 6.88. The van der Waals surface area contributed by atoms with Gasteiger partial charge in [-0.05, 0) is 62.4 Å². The number of hydrogen-bond donors (Lipinski definition) is 1. The van der Waals surface area contributed by atoms with E-state index in [2.05, 4.69) is 40.5 Å². The Morgan fingerprint density at radius 1 is 1.04 bits per heavy atom. The molecule has 1 aliphatic rings. The van der Waals surface area contributed by atoms with Crippen LogP contribution in [0.1, 0.15) is 36.0 Å². The van der Waals surface area contributed by atoms with Gasteiger partial charge in [-0.3, -0.25) is 4.79 Å². The van der Waals surface area contributed by atoms with E-state index in [0.717, 1.165) is 30.0 Å². The molecule has 26 heavy (non-hydrogen) atoms. The van der Waals surface area contributed by atoms with Gasteiger partial charge in [-0.15, -0.1) is 0 Å². The molecule has 1 heterocycles. The Labute approximate surface area is 156 Å². The number of carbonyl (C=O) groups is 1. The largest absolute Gasteiger partial charge is 0.484 e. The van der Waals surface area contributed by atoms with E-state index in [-0.39, 0.29) is 12.5 Å². The van der Waals surface area contributed by atoms with Crippen LogP contribution in [0.25, 0.3) is 0 Å². The SMILES string of the molecule is Cc1ccc(OCC(=O)NCc2ccc(N3CCCCC3)cc2)c(C)c1. The van der Waals surface area contributed by atoms with Gasteiger partial charge in [0.05, 0.1) is 0 Å². The summed E-state index contributed by atoms with van der Waals surface area (Å²) in [6.07, 6.45) is 3.89. The minimum atomic E-state index is -0.106. The fourth-order valence-corrected chi connectivity index (χ4v) is 3.33. The van der Waals surface area contributed by atoms with Gasteiger partial charge in [0, 0.05) is 25.3 Å². The Kier molecular flexibility index (Phi) is 6.16. The predicted molar refractivity (Wildman–Crippen MR) is 106 cm³/mol. The van der Waals surface area contributed by atoms with E-state index < -0.39 is 0 Å². The highest BCUT2D eigenvalue weighted by molar-refractivity contribution is 5.77. The third-order valence-corrected chi connectivity index (χ3v) is 4.84. The number of carbonyl (C=O) groups excluding carboxylic acids is 1. The fraction of sp³-hybridized carbons (Fsp3) is 0.409. The quantitative estimate of drug-likeness (QED) is 0.855. The molecule has 0 saturated carbocycles. The zero-order valence-corrected chi connectivity index (χ0v) is 15.8. The standard InChI is InChI=1S/C22H28N2O2/c1-17-6-11-21(18(2)14-17)26-16-22(25)23-15-19-7-9-20(10-8-19)24-12-4-3-5-13-24/h6-11,14H,3-5,12-13,15-16H2,1-2H3,(H,23,25). The highest BCUT2D eigenvalue weighted by Crippen LogP contribution is 2.20. The highest BCUT2D eigenvalue weighted by atomic mass is 16.5. The van der Waals surface area contributed by atoms with E-state index in [1.165, 1.54) is 30.5 Å². The van der Waals surface area contributed by atoms with Gasteiger partial charge >= 0.3 is 0 Å². The van der Waals surface area contributed by atoms with Gasteiger partial charge in [0.2, 0.25) is 0 Å². The third kappa shape index (κ3) is 5.01. The molecule has 1 amide bonds. The van der Waals surface area contributed by atoms with Crippen LogP contribution in [-0.2, 0) is 11.3 Å². The molecule has 0 bridgehead atoms. The molecule has 1 fully saturated rings. The lowest BCUT2D eigenvalue weighted by Crippen LogP contribution is -2.29. The van der Waals surface area contributed by atoms with Crippen LogP contribution in [0.4, 0.5) is 5.69 Å². The second-order valence-corrected chi connectivity index (χ2v) is 7.05. The first-order valence-electron chi connectivity index (χ1n) is 9.42. The van der Waals surface area contributed by atoms with Crippen molar-refractivity contribution >= 4 is 11.6 Å². The number of hydrogen-bond acceptors (Lipinski definition) is 3. The summed E-state index contributed by atoms with van der Waals surface area (Å²) in [5, 5.41) is 2.92. The van der Waals surface area contributed by atoms with Crippen LogP contribution >= 0.6 is 0 Å². The van der Waals surface area contributed by atoms with Crippen molar-refractivity contribution in [1.82, 2.24) is 5.32 Å². The van der Waals surface area contributed by atoms with Gasteiger partial charge in [-0.25, -0.2) is 0 Å². The monoisotopic (exact) mass is 352 g/mol. The summed E-state index contributed by atoms with van der Waals surface area (Å²) >= 11 is 0. The Morgan fingerprint density at radius 3 is 2.46 bits per heavy atom. The maximum absolute atomic E-state index is 12.0. The lowest BCUT2D eigenvalue weighted by atomic mass is 10.1. The highest BCUT2D eigenvalue weighted by Gasteiger charge is 2.10. The number of anilines is 1. The summed E-state index contributed by atoms with van der Waals surface area (Å²) < 4.78 is 5.62. The van der Waals surface area contributed by atoms with Crippen molar-refractivity contribution in [3.05, 3.63) is 59.2 Å². The summed E-state index contributed by atoms with van der Waals surface area (Å²) in [6, 6.07) is 14.4. The summed E-state index contributed by atoms with van der Waals surface area (Å²) in [4.78, 5) is 14.5. The third-order valence-electron chi connectivity index (χ3n) is 4.84. The number of ether oxygens (including phenoxy) is 1. The molecule has 0 spiro atoms. The van der Waals surface area contributed by atoms with E-state index in [1.807, 2.05) is 26.0 Å². The van der Waals surface area contributed by atoms with E-state index in [0.29, 0.717) is 6.54 Å². The molecule has 138 valence electrons. The molecule has 0 aliphatic carbocycles. The summed E-state index contributed by atoms with van der Waals surface area (Å²) in [5.41, 5.74) is 4.61. The van der Waals surface area contributed by atoms with E-state index in [4.69, 9.17) is 4.74 Å². The minimum absolute atomic E-state index is 0.0375. The van der Waals surface area contributed by atoms with Crippen molar-refractivity contribution in [3.8, 4) is 5.75 Å². The number of rotatable bonds is 6. The zero-order valence-electron chi connectivity index (χ0n) is 15.8. The van der Waals surface area contributed by atoms with E-state index in [9.17, 15) is 4.79 Å².